The Balaban J connectivity index is 1.49. The number of H-pyrrole nitrogens is 2. The Hall–Kier alpha value is -3.14. The summed E-state index contributed by atoms with van der Waals surface area (Å²) in [6.45, 7) is 2.98. The molecule has 27 heavy (non-hydrogen) atoms. The minimum absolute atomic E-state index is 0.307. The van der Waals surface area contributed by atoms with E-state index < -0.39 is 0 Å². The smallest absolute Gasteiger partial charge is 0.116 e. The van der Waals surface area contributed by atoms with Gasteiger partial charge < -0.3 is 10.7 Å². The van der Waals surface area contributed by atoms with Crippen LogP contribution in [0.25, 0.3) is 33.2 Å². The number of aromatic nitrogens is 3. The number of nitrogens with one attached hydrogen (secondary N) is 2. The van der Waals surface area contributed by atoms with Crippen LogP contribution in [-0.2, 0) is 6.54 Å². The fourth-order valence-corrected chi connectivity index (χ4v) is 3.97. The maximum Gasteiger partial charge on any atom is 0.116 e. The number of nitriles is 1. The van der Waals surface area contributed by atoms with E-state index in [1.165, 1.54) is 10.9 Å². The molecular weight excluding hydrogens is 336 g/mol. The largest absolute Gasteiger partial charge is 0.353 e. The van der Waals surface area contributed by atoms with Crippen LogP contribution in [0.15, 0.2) is 42.5 Å². The molecule has 0 spiro atoms. The van der Waals surface area contributed by atoms with E-state index in [0.29, 0.717) is 11.6 Å². The number of fused-ring (bicyclic) bond motifs is 2. The van der Waals surface area contributed by atoms with Gasteiger partial charge in [-0.2, -0.15) is 10.4 Å². The SMILES string of the molecule is N#Cc1ccc2c(-c3cc4cc(CN5CCC(N)C5)ccc4[nH]3)n[nH]c2c1. The summed E-state index contributed by atoms with van der Waals surface area (Å²) < 4.78 is 0. The van der Waals surface area contributed by atoms with E-state index in [1.54, 1.807) is 0 Å². The summed E-state index contributed by atoms with van der Waals surface area (Å²) in [5.74, 6) is 0. The topological polar surface area (TPSA) is 97.5 Å². The number of nitrogens with zero attached hydrogens (tertiary/aromatic N) is 3. The van der Waals surface area contributed by atoms with Gasteiger partial charge in [0.15, 0.2) is 0 Å². The quantitative estimate of drug-likeness (QED) is 0.525. The van der Waals surface area contributed by atoms with Gasteiger partial charge in [-0.3, -0.25) is 10.00 Å². The molecule has 0 bridgehead atoms. The molecule has 4 N–H and O–H groups in total. The predicted octanol–water partition coefficient (Wildman–Crippen LogP) is 3.12. The van der Waals surface area contributed by atoms with Crippen LogP contribution in [0, 0.1) is 11.3 Å². The van der Waals surface area contributed by atoms with Crippen molar-refractivity contribution in [1.82, 2.24) is 20.1 Å². The molecule has 0 saturated carbocycles. The average Bonchev–Trinajstić information content (AvgIpc) is 3.38. The monoisotopic (exact) mass is 356 g/mol. The molecule has 0 amide bonds. The summed E-state index contributed by atoms with van der Waals surface area (Å²) in [7, 11) is 0. The molecule has 3 heterocycles. The van der Waals surface area contributed by atoms with Crippen LogP contribution in [0.4, 0.5) is 0 Å². The van der Waals surface area contributed by atoms with Crippen molar-refractivity contribution in [1.29, 1.82) is 5.26 Å². The molecule has 1 saturated heterocycles. The first-order valence-electron chi connectivity index (χ1n) is 9.18. The molecule has 5 rings (SSSR count). The summed E-state index contributed by atoms with van der Waals surface area (Å²) in [5.41, 5.74) is 11.8. The van der Waals surface area contributed by atoms with Crippen molar-refractivity contribution in [2.45, 2.75) is 19.0 Å². The van der Waals surface area contributed by atoms with Crippen molar-refractivity contribution in [3.63, 3.8) is 0 Å². The summed E-state index contributed by atoms with van der Waals surface area (Å²) in [6.07, 6.45) is 1.08. The minimum atomic E-state index is 0.307. The van der Waals surface area contributed by atoms with Crippen molar-refractivity contribution in [2.24, 2.45) is 5.73 Å². The van der Waals surface area contributed by atoms with E-state index in [1.807, 2.05) is 18.2 Å². The van der Waals surface area contributed by atoms with Gasteiger partial charge in [-0.15, -0.1) is 0 Å². The Morgan fingerprint density at radius 1 is 1.19 bits per heavy atom. The van der Waals surface area contributed by atoms with E-state index in [0.717, 1.165) is 53.9 Å². The van der Waals surface area contributed by atoms with E-state index in [4.69, 9.17) is 11.0 Å². The highest BCUT2D eigenvalue weighted by Gasteiger charge is 2.19. The number of rotatable bonds is 3. The molecule has 6 heteroatoms. The number of nitrogens with two attached hydrogens (primary N) is 1. The van der Waals surface area contributed by atoms with Crippen LogP contribution in [0.2, 0.25) is 0 Å². The number of hydrogen-bond acceptors (Lipinski definition) is 4. The third-order valence-corrected chi connectivity index (χ3v) is 5.35. The van der Waals surface area contributed by atoms with Crippen LogP contribution in [0.3, 0.4) is 0 Å². The molecule has 134 valence electrons. The lowest BCUT2D eigenvalue weighted by atomic mass is 10.1. The molecule has 0 radical (unpaired) electrons. The van der Waals surface area contributed by atoms with Gasteiger partial charge in [-0.25, -0.2) is 0 Å². The number of hydrogen-bond donors (Lipinski definition) is 3. The molecule has 4 aromatic rings. The zero-order valence-corrected chi connectivity index (χ0v) is 14.9. The van der Waals surface area contributed by atoms with Crippen molar-refractivity contribution >= 4 is 21.8 Å². The molecule has 0 aliphatic carbocycles. The zero-order chi connectivity index (χ0) is 18.4. The first-order chi connectivity index (χ1) is 13.2. The predicted molar refractivity (Wildman–Crippen MR) is 106 cm³/mol. The fourth-order valence-electron chi connectivity index (χ4n) is 3.97. The van der Waals surface area contributed by atoms with Crippen LogP contribution in [-0.4, -0.2) is 39.2 Å². The first kappa shape index (κ1) is 16.1. The first-order valence-corrected chi connectivity index (χ1v) is 9.18. The minimum Gasteiger partial charge on any atom is -0.353 e. The van der Waals surface area contributed by atoms with Crippen molar-refractivity contribution in [3.05, 3.63) is 53.6 Å². The van der Waals surface area contributed by atoms with Crippen LogP contribution in [0.5, 0.6) is 0 Å². The number of likely N-dealkylation sites (tertiary alicyclic amines) is 1. The highest BCUT2D eigenvalue weighted by atomic mass is 15.2. The second-order valence-corrected chi connectivity index (χ2v) is 7.33. The highest BCUT2D eigenvalue weighted by Crippen LogP contribution is 2.29. The molecule has 1 fully saturated rings. The number of aromatic amines is 2. The van der Waals surface area contributed by atoms with E-state index in [9.17, 15) is 0 Å². The Bertz CT molecular complexity index is 1180. The standard InChI is InChI=1S/C21H20N6/c22-10-13-1-3-17-19(8-13)25-26-21(17)20-9-15-7-14(2-4-18(15)24-20)11-27-6-5-16(23)12-27/h1-4,7-9,16,24H,5-6,11-12,23H2,(H,25,26). The second-order valence-electron chi connectivity index (χ2n) is 7.33. The number of benzene rings is 2. The molecule has 2 aromatic heterocycles. The molecular formula is C21H20N6. The summed E-state index contributed by atoms with van der Waals surface area (Å²) in [4.78, 5) is 5.88. The molecule has 2 aromatic carbocycles. The highest BCUT2D eigenvalue weighted by molar-refractivity contribution is 5.96. The van der Waals surface area contributed by atoms with Crippen LogP contribution in [0.1, 0.15) is 17.5 Å². The normalized spacial score (nSPS) is 17.7. The Labute approximate surface area is 156 Å². The van der Waals surface area contributed by atoms with Gasteiger partial charge in [0, 0.05) is 42.0 Å². The summed E-state index contributed by atoms with van der Waals surface area (Å²) in [6, 6.07) is 16.7. The molecule has 6 nitrogen and oxygen atoms in total. The van der Waals surface area contributed by atoms with Crippen LogP contribution < -0.4 is 5.73 Å². The maximum atomic E-state index is 9.06. The van der Waals surface area contributed by atoms with E-state index in [2.05, 4.69) is 50.4 Å². The van der Waals surface area contributed by atoms with Crippen molar-refractivity contribution < 1.29 is 0 Å². The van der Waals surface area contributed by atoms with Gasteiger partial charge >= 0.3 is 0 Å². The summed E-state index contributed by atoms with van der Waals surface area (Å²) >= 11 is 0. The van der Waals surface area contributed by atoms with Crippen molar-refractivity contribution in [3.8, 4) is 17.5 Å². The van der Waals surface area contributed by atoms with Gasteiger partial charge in [-0.1, -0.05) is 6.07 Å². The lowest BCUT2D eigenvalue weighted by Crippen LogP contribution is -2.26. The van der Waals surface area contributed by atoms with E-state index in [-0.39, 0.29) is 0 Å². The Kier molecular flexibility index (Phi) is 3.71. The molecule has 1 aliphatic heterocycles. The second kappa shape index (κ2) is 6.23. The maximum absolute atomic E-state index is 9.06. The lowest BCUT2D eigenvalue weighted by Gasteiger charge is -2.15. The molecule has 1 atom stereocenters. The Morgan fingerprint density at radius 2 is 2.11 bits per heavy atom. The van der Waals surface area contributed by atoms with Gasteiger partial charge in [-0.05, 0) is 48.4 Å². The van der Waals surface area contributed by atoms with Gasteiger partial charge in [0.25, 0.3) is 0 Å². The van der Waals surface area contributed by atoms with Gasteiger partial charge in [0.05, 0.1) is 22.8 Å². The third-order valence-electron chi connectivity index (χ3n) is 5.35. The van der Waals surface area contributed by atoms with Gasteiger partial charge in [0.1, 0.15) is 5.69 Å². The van der Waals surface area contributed by atoms with Crippen molar-refractivity contribution in [2.75, 3.05) is 13.1 Å². The third kappa shape index (κ3) is 2.87. The Morgan fingerprint density at radius 3 is 2.93 bits per heavy atom. The molecule has 1 aliphatic rings. The van der Waals surface area contributed by atoms with Gasteiger partial charge in [0.2, 0.25) is 0 Å². The molecule has 1 unspecified atom stereocenters. The zero-order valence-electron chi connectivity index (χ0n) is 14.9. The summed E-state index contributed by atoms with van der Waals surface area (Å²) in [5, 5.41) is 18.7. The van der Waals surface area contributed by atoms with Crippen LogP contribution >= 0.6 is 0 Å². The lowest BCUT2D eigenvalue weighted by molar-refractivity contribution is 0.327. The average molecular weight is 356 g/mol. The van der Waals surface area contributed by atoms with E-state index >= 15 is 0 Å². The fraction of sp³-hybridized carbons (Fsp3) is 0.238.